The maximum atomic E-state index is 10.9. The lowest BCUT2D eigenvalue weighted by Crippen LogP contribution is -2.15. The van der Waals surface area contributed by atoms with Crippen molar-refractivity contribution in [3.63, 3.8) is 0 Å². The molecule has 8 heteroatoms. The van der Waals surface area contributed by atoms with Gasteiger partial charge in [-0.05, 0) is 24.6 Å². The minimum Gasteiger partial charge on any atom is -0.486 e. The smallest absolute Gasteiger partial charge is 0.333 e. The van der Waals surface area contributed by atoms with Crippen molar-refractivity contribution in [2.24, 2.45) is 0 Å². The van der Waals surface area contributed by atoms with E-state index >= 15 is 0 Å². The number of nitrogens with two attached hydrogens (primary N) is 1. The lowest BCUT2D eigenvalue weighted by Gasteiger charge is -2.18. The van der Waals surface area contributed by atoms with Gasteiger partial charge in [0, 0.05) is 0 Å². The van der Waals surface area contributed by atoms with E-state index in [0.29, 0.717) is 37.0 Å². The molecular formula is C13H14N4O4. The second-order valence-electron chi connectivity index (χ2n) is 4.71. The highest BCUT2D eigenvalue weighted by Crippen LogP contribution is 2.32. The van der Waals surface area contributed by atoms with Crippen molar-refractivity contribution in [3.8, 4) is 11.5 Å². The highest BCUT2D eigenvalue weighted by molar-refractivity contribution is 5.56. The topological polar surface area (TPSA) is 105 Å². The summed E-state index contributed by atoms with van der Waals surface area (Å²) in [5.74, 6) is 1.41. The zero-order valence-corrected chi connectivity index (χ0v) is 11.4. The highest BCUT2D eigenvalue weighted by atomic mass is 16.6. The molecule has 0 aliphatic carbocycles. The molecule has 2 heterocycles. The fourth-order valence-electron chi connectivity index (χ4n) is 2.30. The summed E-state index contributed by atoms with van der Waals surface area (Å²) < 4.78 is 12.4. The molecule has 2 N–H and O–H groups in total. The molecule has 0 fully saturated rings. The van der Waals surface area contributed by atoms with E-state index in [1.165, 1.54) is 4.68 Å². The number of ether oxygens (including phenoxy) is 2. The fourth-order valence-corrected chi connectivity index (χ4v) is 2.30. The Morgan fingerprint density at radius 3 is 2.76 bits per heavy atom. The summed E-state index contributed by atoms with van der Waals surface area (Å²) in [7, 11) is 0. The Balaban J connectivity index is 1.90. The fraction of sp³-hybridized carbons (Fsp3) is 0.308. The summed E-state index contributed by atoms with van der Waals surface area (Å²) in [5, 5.41) is 15.1. The lowest BCUT2D eigenvalue weighted by molar-refractivity contribution is -0.384. The average molecular weight is 290 g/mol. The van der Waals surface area contributed by atoms with Crippen LogP contribution in [-0.4, -0.2) is 27.9 Å². The van der Waals surface area contributed by atoms with Gasteiger partial charge in [-0.1, -0.05) is 6.07 Å². The SMILES string of the molecule is Cc1nn(Cc2ccc3c(c2)OCCO3)c(N)c1[N+](=O)[O-]. The van der Waals surface area contributed by atoms with Crippen LogP contribution in [0.5, 0.6) is 11.5 Å². The predicted octanol–water partition coefficient (Wildman–Crippen LogP) is 1.50. The Morgan fingerprint density at radius 2 is 2.10 bits per heavy atom. The van der Waals surface area contributed by atoms with Crippen LogP contribution in [0, 0.1) is 17.0 Å². The number of nitrogen functional groups attached to an aromatic ring is 1. The predicted molar refractivity (Wildman–Crippen MR) is 74.6 cm³/mol. The van der Waals surface area contributed by atoms with E-state index < -0.39 is 4.92 Å². The van der Waals surface area contributed by atoms with Crippen LogP contribution < -0.4 is 15.2 Å². The molecule has 1 aromatic heterocycles. The first-order valence-corrected chi connectivity index (χ1v) is 6.42. The maximum absolute atomic E-state index is 10.9. The third kappa shape index (κ3) is 2.35. The molecule has 0 spiro atoms. The molecule has 110 valence electrons. The minimum absolute atomic E-state index is 0.0485. The number of hydrogen-bond donors (Lipinski definition) is 1. The van der Waals surface area contributed by atoms with Crippen LogP contribution in [0.1, 0.15) is 11.3 Å². The Hall–Kier alpha value is -2.77. The second kappa shape index (κ2) is 4.97. The second-order valence-corrected chi connectivity index (χ2v) is 4.71. The van der Waals surface area contributed by atoms with Gasteiger partial charge in [-0.3, -0.25) is 10.1 Å². The van der Waals surface area contributed by atoms with Crippen molar-refractivity contribution in [3.05, 3.63) is 39.6 Å². The van der Waals surface area contributed by atoms with Crippen LogP contribution in [0.3, 0.4) is 0 Å². The summed E-state index contributed by atoms with van der Waals surface area (Å²) in [6.45, 7) is 2.93. The van der Waals surface area contributed by atoms with Gasteiger partial charge in [-0.2, -0.15) is 5.10 Å². The number of nitrogens with zero attached hydrogens (tertiary/aromatic N) is 3. The Morgan fingerprint density at radius 1 is 1.38 bits per heavy atom. The Bertz CT molecular complexity index is 710. The molecule has 0 atom stereocenters. The molecule has 1 aliphatic heterocycles. The molecule has 2 aromatic rings. The largest absolute Gasteiger partial charge is 0.486 e. The first-order chi connectivity index (χ1) is 10.1. The third-order valence-electron chi connectivity index (χ3n) is 3.26. The van der Waals surface area contributed by atoms with Crippen LogP contribution in [-0.2, 0) is 6.54 Å². The number of aryl methyl sites for hydroxylation is 1. The van der Waals surface area contributed by atoms with Crippen LogP contribution in [0.2, 0.25) is 0 Å². The van der Waals surface area contributed by atoms with Gasteiger partial charge >= 0.3 is 5.69 Å². The molecule has 8 nitrogen and oxygen atoms in total. The van der Waals surface area contributed by atoms with E-state index in [9.17, 15) is 10.1 Å². The van der Waals surface area contributed by atoms with Gasteiger partial charge in [0.25, 0.3) is 0 Å². The first kappa shape index (κ1) is 13.2. The molecule has 0 unspecified atom stereocenters. The maximum Gasteiger partial charge on any atom is 0.333 e. The molecule has 0 saturated carbocycles. The molecule has 0 bridgehead atoms. The van der Waals surface area contributed by atoms with Gasteiger partial charge in [-0.15, -0.1) is 0 Å². The lowest BCUT2D eigenvalue weighted by atomic mass is 10.2. The van der Waals surface area contributed by atoms with Gasteiger partial charge in [0.15, 0.2) is 11.5 Å². The van der Waals surface area contributed by atoms with Gasteiger partial charge in [0.1, 0.15) is 18.9 Å². The Kier molecular flexibility index (Phi) is 3.13. The summed E-state index contributed by atoms with van der Waals surface area (Å²) in [4.78, 5) is 10.4. The number of anilines is 1. The van der Waals surface area contributed by atoms with Crippen molar-refractivity contribution in [1.29, 1.82) is 0 Å². The number of fused-ring (bicyclic) bond motifs is 1. The molecule has 21 heavy (non-hydrogen) atoms. The monoisotopic (exact) mass is 290 g/mol. The van der Waals surface area contributed by atoms with Crippen LogP contribution in [0.15, 0.2) is 18.2 Å². The zero-order chi connectivity index (χ0) is 15.0. The molecule has 0 amide bonds. The molecule has 0 radical (unpaired) electrons. The van der Waals surface area contributed by atoms with Gasteiger partial charge < -0.3 is 15.2 Å². The number of hydrogen-bond acceptors (Lipinski definition) is 6. The molecule has 0 saturated heterocycles. The van der Waals surface area contributed by atoms with Crippen LogP contribution in [0.25, 0.3) is 0 Å². The average Bonchev–Trinajstić information content (AvgIpc) is 2.73. The highest BCUT2D eigenvalue weighted by Gasteiger charge is 2.23. The minimum atomic E-state index is -0.516. The number of aromatic nitrogens is 2. The molecule has 1 aromatic carbocycles. The zero-order valence-electron chi connectivity index (χ0n) is 11.4. The van der Waals surface area contributed by atoms with Gasteiger partial charge in [0.2, 0.25) is 5.82 Å². The summed E-state index contributed by atoms with van der Waals surface area (Å²) >= 11 is 0. The molecular weight excluding hydrogens is 276 g/mol. The van der Waals surface area contributed by atoms with Gasteiger partial charge in [-0.25, -0.2) is 4.68 Å². The standard InChI is InChI=1S/C13H14N4O4/c1-8-12(17(18)19)13(14)16(15-8)7-9-2-3-10-11(6-9)21-5-4-20-10/h2-3,6H,4-5,7,14H2,1H3. The van der Waals surface area contributed by atoms with E-state index in [1.807, 2.05) is 18.2 Å². The van der Waals surface area contributed by atoms with Gasteiger partial charge in [0.05, 0.1) is 11.5 Å². The molecule has 3 rings (SSSR count). The van der Waals surface area contributed by atoms with Crippen molar-refractivity contribution >= 4 is 11.5 Å². The first-order valence-electron chi connectivity index (χ1n) is 6.42. The van der Waals surface area contributed by atoms with E-state index in [0.717, 1.165) is 5.56 Å². The van der Waals surface area contributed by atoms with Crippen molar-refractivity contribution < 1.29 is 14.4 Å². The summed E-state index contributed by atoms with van der Waals surface area (Å²) in [6.07, 6.45) is 0. The quantitative estimate of drug-likeness (QED) is 0.678. The van der Waals surface area contributed by atoms with E-state index in [1.54, 1.807) is 6.92 Å². The number of benzene rings is 1. The Labute approximate surface area is 120 Å². The van der Waals surface area contributed by atoms with Crippen molar-refractivity contribution in [2.75, 3.05) is 18.9 Å². The van der Waals surface area contributed by atoms with E-state index in [2.05, 4.69) is 5.10 Å². The van der Waals surface area contributed by atoms with Crippen LogP contribution in [0.4, 0.5) is 11.5 Å². The normalized spacial score (nSPS) is 13.2. The number of nitro groups is 1. The van der Waals surface area contributed by atoms with E-state index in [4.69, 9.17) is 15.2 Å². The van der Waals surface area contributed by atoms with Crippen molar-refractivity contribution in [1.82, 2.24) is 9.78 Å². The third-order valence-corrected chi connectivity index (χ3v) is 3.26. The van der Waals surface area contributed by atoms with Crippen molar-refractivity contribution in [2.45, 2.75) is 13.5 Å². The van der Waals surface area contributed by atoms with Crippen LogP contribution >= 0.6 is 0 Å². The summed E-state index contributed by atoms with van der Waals surface area (Å²) in [6, 6.07) is 5.50. The van der Waals surface area contributed by atoms with E-state index in [-0.39, 0.29) is 11.5 Å². The number of rotatable bonds is 3. The molecule has 1 aliphatic rings. The summed E-state index contributed by atoms with van der Waals surface area (Å²) in [5.41, 5.74) is 6.83.